The van der Waals surface area contributed by atoms with Gasteiger partial charge in [0.05, 0.1) is 17.6 Å². The second-order valence-electron chi connectivity index (χ2n) is 6.58. The lowest BCUT2D eigenvalue weighted by atomic mass is 10.0. The summed E-state index contributed by atoms with van der Waals surface area (Å²) in [6.45, 7) is 5.76. The van der Waals surface area contributed by atoms with Crippen LogP contribution in [0.1, 0.15) is 45.4 Å². The summed E-state index contributed by atoms with van der Waals surface area (Å²) in [6, 6.07) is 0. The first kappa shape index (κ1) is 19.7. The fraction of sp³-hybridized carbons (Fsp3) is 0.588. The molecule has 0 bridgehead atoms. The number of likely N-dealkylation sites (tertiary alicyclic amines) is 1. The topological polar surface area (TPSA) is 61.9 Å². The van der Waals surface area contributed by atoms with E-state index in [9.17, 15) is 9.59 Å². The molecule has 1 atom stereocenters. The van der Waals surface area contributed by atoms with Crippen molar-refractivity contribution in [2.75, 3.05) is 39.6 Å². The van der Waals surface area contributed by atoms with Gasteiger partial charge in [0.1, 0.15) is 5.00 Å². The molecule has 2 heterocycles. The van der Waals surface area contributed by atoms with Crippen molar-refractivity contribution in [3.63, 3.8) is 0 Å². The molecule has 0 unspecified atom stereocenters. The minimum atomic E-state index is -0.469. The van der Waals surface area contributed by atoms with Gasteiger partial charge in [-0.2, -0.15) is 0 Å². The van der Waals surface area contributed by atoms with Crippen LogP contribution in [-0.2, 0) is 4.74 Å². The van der Waals surface area contributed by atoms with Gasteiger partial charge in [-0.25, -0.2) is 4.79 Å². The fourth-order valence-electron chi connectivity index (χ4n) is 2.91. The van der Waals surface area contributed by atoms with Crippen molar-refractivity contribution < 1.29 is 14.3 Å². The van der Waals surface area contributed by atoms with Crippen molar-refractivity contribution in [1.82, 2.24) is 9.80 Å². The first-order chi connectivity index (χ1) is 11.8. The number of thiophene rings is 1. The highest BCUT2D eigenvalue weighted by atomic mass is 32.1. The summed E-state index contributed by atoms with van der Waals surface area (Å²) in [4.78, 5) is 28.7. The zero-order valence-corrected chi connectivity index (χ0v) is 17.0. The number of ether oxygens (including phenoxy) is 1. The number of anilines is 1. The Morgan fingerprint density at radius 3 is 2.64 bits per heavy atom. The summed E-state index contributed by atoms with van der Waals surface area (Å²) >= 11 is 6.78. The summed E-state index contributed by atoms with van der Waals surface area (Å²) in [5.74, 6) is -0.0217. The van der Waals surface area contributed by atoms with Crippen molar-refractivity contribution in [3.8, 4) is 0 Å². The van der Waals surface area contributed by atoms with Gasteiger partial charge in [-0.15, -0.1) is 11.3 Å². The van der Waals surface area contributed by atoms with Gasteiger partial charge in [-0.3, -0.25) is 4.79 Å². The van der Waals surface area contributed by atoms with E-state index < -0.39 is 5.97 Å². The molecule has 25 heavy (non-hydrogen) atoms. The molecule has 0 saturated carbocycles. The molecule has 1 aliphatic rings. The van der Waals surface area contributed by atoms with Gasteiger partial charge in [0, 0.05) is 27.2 Å². The number of thiocarbonyl (C=S) groups is 1. The molecule has 0 aromatic carbocycles. The number of amides is 1. The smallest absolute Gasteiger partial charge is 0.341 e. The van der Waals surface area contributed by atoms with E-state index in [1.54, 1.807) is 21.0 Å². The minimum absolute atomic E-state index is 0.141. The van der Waals surface area contributed by atoms with Gasteiger partial charge in [0.15, 0.2) is 5.11 Å². The number of carbonyl (C=O) groups excluding carboxylic acids is 2. The Morgan fingerprint density at radius 2 is 2.08 bits per heavy atom. The summed E-state index contributed by atoms with van der Waals surface area (Å²) in [7, 11) is 4.71. The Labute approximate surface area is 158 Å². The Morgan fingerprint density at radius 1 is 1.40 bits per heavy atom. The van der Waals surface area contributed by atoms with Crippen molar-refractivity contribution in [3.05, 3.63) is 16.0 Å². The van der Waals surface area contributed by atoms with Crippen molar-refractivity contribution in [2.24, 2.45) is 5.92 Å². The van der Waals surface area contributed by atoms with E-state index >= 15 is 0 Å². The molecule has 0 aliphatic carbocycles. The quantitative estimate of drug-likeness (QED) is 0.640. The maximum atomic E-state index is 12.4. The highest BCUT2D eigenvalue weighted by Crippen LogP contribution is 2.34. The largest absolute Gasteiger partial charge is 0.465 e. The Balaban J connectivity index is 2.32. The lowest BCUT2D eigenvalue weighted by Crippen LogP contribution is -2.41. The average Bonchev–Trinajstić information content (AvgIpc) is 2.89. The number of nitrogens with zero attached hydrogens (tertiary/aromatic N) is 2. The second-order valence-corrected chi connectivity index (χ2v) is 7.98. The molecular formula is C17H25N3O3S2. The SMILES string of the molecule is COC(=O)c1c(NC(=S)N2CCC[C@H](C)C2)sc(C(=O)N(C)C)c1C. The highest BCUT2D eigenvalue weighted by Gasteiger charge is 2.27. The number of piperidine rings is 1. The third-order valence-electron chi connectivity index (χ3n) is 4.30. The van der Waals surface area contributed by atoms with Crippen LogP contribution in [-0.4, -0.2) is 61.1 Å². The lowest BCUT2D eigenvalue weighted by Gasteiger charge is -2.32. The zero-order valence-electron chi connectivity index (χ0n) is 15.3. The molecule has 1 aromatic heterocycles. The molecule has 8 heteroatoms. The Bertz CT molecular complexity index is 685. The molecule has 6 nitrogen and oxygen atoms in total. The van der Waals surface area contributed by atoms with Crippen LogP contribution in [0.2, 0.25) is 0 Å². The van der Waals surface area contributed by atoms with Gasteiger partial charge in [0.2, 0.25) is 0 Å². The number of rotatable bonds is 3. The monoisotopic (exact) mass is 383 g/mol. The molecule has 1 amide bonds. The first-order valence-electron chi connectivity index (χ1n) is 8.25. The number of nitrogens with one attached hydrogen (secondary N) is 1. The molecule has 1 fully saturated rings. The van der Waals surface area contributed by atoms with Crippen LogP contribution in [0.25, 0.3) is 0 Å². The van der Waals surface area contributed by atoms with Crippen LogP contribution in [0.15, 0.2) is 0 Å². The highest BCUT2D eigenvalue weighted by molar-refractivity contribution is 7.80. The zero-order chi connectivity index (χ0) is 18.7. The van der Waals surface area contributed by atoms with Crippen LogP contribution in [0, 0.1) is 12.8 Å². The van der Waals surface area contributed by atoms with Crippen LogP contribution < -0.4 is 5.32 Å². The molecule has 1 N–H and O–H groups in total. The van der Waals surface area contributed by atoms with E-state index in [0.717, 1.165) is 19.5 Å². The molecular weight excluding hydrogens is 358 g/mol. The van der Waals surface area contributed by atoms with Gasteiger partial charge >= 0.3 is 5.97 Å². The van der Waals surface area contributed by atoms with Crippen molar-refractivity contribution >= 4 is 45.5 Å². The summed E-state index contributed by atoms with van der Waals surface area (Å²) < 4.78 is 4.90. The number of carbonyl (C=O) groups is 2. The molecule has 138 valence electrons. The van der Waals surface area contributed by atoms with Crippen molar-refractivity contribution in [1.29, 1.82) is 0 Å². The predicted molar refractivity (Wildman–Crippen MR) is 105 cm³/mol. The summed E-state index contributed by atoms with van der Waals surface area (Å²) in [5.41, 5.74) is 0.998. The normalized spacial score (nSPS) is 17.2. The van der Waals surface area contributed by atoms with E-state index in [2.05, 4.69) is 17.1 Å². The van der Waals surface area contributed by atoms with E-state index in [1.165, 1.54) is 29.8 Å². The minimum Gasteiger partial charge on any atom is -0.465 e. The molecule has 1 saturated heterocycles. The Hall–Kier alpha value is -1.67. The standard InChI is InChI=1S/C17H25N3O3S2/c1-10-7-6-8-20(9-10)17(24)18-14-12(16(22)23-5)11(2)13(25-14)15(21)19(3)4/h10H,6-9H2,1-5H3,(H,18,24)/t10-/m0/s1. The third kappa shape index (κ3) is 4.30. The average molecular weight is 384 g/mol. The number of hydrogen-bond donors (Lipinski definition) is 1. The third-order valence-corrected chi connectivity index (χ3v) is 5.86. The summed E-state index contributed by atoms with van der Waals surface area (Å²) in [5, 5.41) is 4.33. The maximum absolute atomic E-state index is 12.4. The first-order valence-corrected chi connectivity index (χ1v) is 9.48. The summed E-state index contributed by atoms with van der Waals surface area (Å²) in [6.07, 6.45) is 2.30. The molecule has 1 aliphatic heterocycles. The van der Waals surface area contributed by atoms with Gasteiger partial charge < -0.3 is 19.9 Å². The van der Waals surface area contributed by atoms with E-state index in [0.29, 0.717) is 32.0 Å². The van der Waals surface area contributed by atoms with Crippen LogP contribution in [0.5, 0.6) is 0 Å². The second kappa shape index (κ2) is 8.14. The van der Waals surface area contributed by atoms with E-state index in [1.807, 2.05) is 0 Å². The predicted octanol–water partition coefficient (Wildman–Crippen LogP) is 2.97. The fourth-order valence-corrected chi connectivity index (χ4v) is 4.45. The van der Waals surface area contributed by atoms with Gasteiger partial charge in [-0.1, -0.05) is 6.92 Å². The van der Waals surface area contributed by atoms with E-state index in [4.69, 9.17) is 17.0 Å². The molecule has 2 rings (SSSR count). The maximum Gasteiger partial charge on any atom is 0.341 e. The number of hydrogen-bond acceptors (Lipinski definition) is 5. The van der Waals surface area contributed by atoms with Gasteiger partial charge in [-0.05, 0) is 43.5 Å². The lowest BCUT2D eigenvalue weighted by molar-refractivity contribution is 0.0601. The molecule has 0 spiro atoms. The number of esters is 1. The molecule has 0 radical (unpaired) electrons. The molecule has 1 aromatic rings. The van der Waals surface area contributed by atoms with E-state index in [-0.39, 0.29) is 5.91 Å². The van der Waals surface area contributed by atoms with Crippen molar-refractivity contribution in [2.45, 2.75) is 26.7 Å². The van der Waals surface area contributed by atoms with Crippen LogP contribution >= 0.6 is 23.6 Å². The van der Waals surface area contributed by atoms with Crippen LogP contribution in [0.4, 0.5) is 5.00 Å². The Kier molecular flexibility index (Phi) is 6.40. The van der Waals surface area contributed by atoms with Gasteiger partial charge in [0.25, 0.3) is 5.91 Å². The number of methoxy groups -OCH3 is 1. The van der Waals surface area contributed by atoms with Crippen LogP contribution in [0.3, 0.4) is 0 Å².